The second kappa shape index (κ2) is 10.3. The molecule has 11 heteroatoms. The molecule has 186 valence electrons. The smallest absolute Gasteiger partial charge is 0.338 e. The van der Waals surface area contributed by atoms with Gasteiger partial charge in [0.05, 0.1) is 19.8 Å². The van der Waals surface area contributed by atoms with E-state index >= 15 is 0 Å². The second-order valence-electron chi connectivity index (χ2n) is 7.86. The van der Waals surface area contributed by atoms with Crippen molar-refractivity contribution < 1.29 is 54.0 Å². The third kappa shape index (κ3) is 5.12. The number of rotatable bonds is 7. The number of benzene rings is 2. The van der Waals surface area contributed by atoms with Gasteiger partial charge in [0.15, 0.2) is 11.5 Å². The molecular formula is C23H28O11. The highest BCUT2D eigenvalue weighted by Gasteiger charge is 2.45. The normalized spacial score (nSPS) is 24.4. The van der Waals surface area contributed by atoms with Gasteiger partial charge in [0.2, 0.25) is 12.0 Å². The third-order valence-corrected chi connectivity index (χ3v) is 5.50. The number of phenols is 2. The Morgan fingerprint density at radius 1 is 0.882 bits per heavy atom. The molecular weight excluding hydrogens is 452 g/mol. The Morgan fingerprint density at radius 3 is 2.09 bits per heavy atom. The van der Waals surface area contributed by atoms with Gasteiger partial charge < -0.3 is 49.2 Å². The molecule has 5 N–H and O–H groups in total. The molecule has 0 spiro atoms. The van der Waals surface area contributed by atoms with E-state index in [1.165, 1.54) is 32.4 Å². The summed E-state index contributed by atoms with van der Waals surface area (Å²) in [5.74, 6) is -0.779. The molecule has 0 unspecified atom stereocenters. The number of aryl methyl sites for hydroxylation is 2. The van der Waals surface area contributed by atoms with Gasteiger partial charge in [-0.2, -0.15) is 0 Å². The van der Waals surface area contributed by atoms with Crippen LogP contribution < -0.4 is 14.2 Å². The van der Waals surface area contributed by atoms with E-state index in [0.29, 0.717) is 16.9 Å². The minimum atomic E-state index is -1.64. The fourth-order valence-electron chi connectivity index (χ4n) is 3.43. The molecule has 1 saturated heterocycles. The lowest BCUT2D eigenvalue weighted by molar-refractivity contribution is -0.277. The standard InChI is InChI=1S/C23H28O11/c1-10-6-14(11(2)5-13(10)24)33-23-21(28)20(27)19(26)17(34-23)9-32-22(29)12-7-15(30-3)18(25)16(8-12)31-4/h5-8,17,19-21,23-28H,9H2,1-4H3/t17-,19-,20+,21-,23-/m1/s1. The fourth-order valence-corrected chi connectivity index (χ4v) is 3.43. The highest BCUT2D eigenvalue weighted by Crippen LogP contribution is 2.37. The Morgan fingerprint density at radius 2 is 1.50 bits per heavy atom. The van der Waals surface area contributed by atoms with Gasteiger partial charge in [0.25, 0.3) is 0 Å². The van der Waals surface area contributed by atoms with Crippen molar-refractivity contribution in [1.29, 1.82) is 0 Å². The van der Waals surface area contributed by atoms with Crippen molar-refractivity contribution in [2.45, 2.75) is 44.6 Å². The van der Waals surface area contributed by atoms with Crippen molar-refractivity contribution in [2.75, 3.05) is 20.8 Å². The summed E-state index contributed by atoms with van der Waals surface area (Å²) in [6.07, 6.45) is -7.43. The molecule has 0 radical (unpaired) electrons. The van der Waals surface area contributed by atoms with E-state index in [0.717, 1.165) is 0 Å². The van der Waals surface area contributed by atoms with E-state index in [2.05, 4.69) is 0 Å². The number of hydrogen-bond acceptors (Lipinski definition) is 11. The van der Waals surface area contributed by atoms with Crippen molar-refractivity contribution in [1.82, 2.24) is 0 Å². The topological polar surface area (TPSA) is 164 Å². The fraction of sp³-hybridized carbons (Fsp3) is 0.435. The molecule has 5 atom stereocenters. The first-order valence-electron chi connectivity index (χ1n) is 10.4. The van der Waals surface area contributed by atoms with Gasteiger partial charge in [-0.15, -0.1) is 0 Å². The average Bonchev–Trinajstić information content (AvgIpc) is 2.81. The van der Waals surface area contributed by atoms with Crippen LogP contribution in [-0.2, 0) is 9.47 Å². The van der Waals surface area contributed by atoms with Crippen LogP contribution in [0.15, 0.2) is 24.3 Å². The summed E-state index contributed by atoms with van der Waals surface area (Å²) in [4.78, 5) is 12.6. The van der Waals surface area contributed by atoms with Crippen molar-refractivity contribution in [3.05, 3.63) is 41.0 Å². The summed E-state index contributed by atoms with van der Waals surface area (Å²) < 4.78 is 26.5. The highest BCUT2D eigenvalue weighted by atomic mass is 16.7. The minimum Gasteiger partial charge on any atom is -0.508 e. The van der Waals surface area contributed by atoms with Gasteiger partial charge >= 0.3 is 5.97 Å². The third-order valence-electron chi connectivity index (χ3n) is 5.50. The molecule has 0 bridgehead atoms. The lowest BCUT2D eigenvalue weighted by atomic mass is 9.99. The summed E-state index contributed by atoms with van der Waals surface area (Å²) in [7, 11) is 2.61. The van der Waals surface area contributed by atoms with Gasteiger partial charge in [0.1, 0.15) is 42.5 Å². The Labute approximate surface area is 195 Å². The van der Waals surface area contributed by atoms with Crippen molar-refractivity contribution >= 4 is 5.97 Å². The van der Waals surface area contributed by atoms with Crippen LogP contribution in [0.25, 0.3) is 0 Å². The lowest BCUT2D eigenvalue weighted by Gasteiger charge is -2.40. The SMILES string of the molecule is COc1cc(C(=O)OC[C@H]2O[C@@H](Oc3cc(C)c(O)cc3C)[C@H](O)[C@@H](O)[C@@H]2O)cc(OC)c1O. The molecule has 34 heavy (non-hydrogen) atoms. The zero-order valence-corrected chi connectivity index (χ0v) is 19.1. The zero-order valence-electron chi connectivity index (χ0n) is 19.1. The number of esters is 1. The molecule has 2 aromatic rings. The first kappa shape index (κ1) is 25.4. The van der Waals surface area contributed by atoms with Crippen molar-refractivity contribution in [3.8, 4) is 28.7 Å². The Balaban J connectivity index is 1.73. The summed E-state index contributed by atoms with van der Waals surface area (Å²) >= 11 is 0. The zero-order chi connectivity index (χ0) is 25.2. The van der Waals surface area contributed by atoms with Crippen LogP contribution in [0.5, 0.6) is 28.7 Å². The van der Waals surface area contributed by atoms with Crippen molar-refractivity contribution in [3.63, 3.8) is 0 Å². The summed E-state index contributed by atoms with van der Waals surface area (Å²) in [6.45, 7) is 2.85. The monoisotopic (exact) mass is 480 g/mol. The van der Waals surface area contributed by atoms with Gasteiger partial charge in [-0.1, -0.05) is 0 Å². The van der Waals surface area contributed by atoms with Gasteiger partial charge in [0, 0.05) is 0 Å². The molecule has 0 aromatic heterocycles. The van der Waals surface area contributed by atoms with Gasteiger partial charge in [-0.25, -0.2) is 4.79 Å². The number of hydrogen-bond donors (Lipinski definition) is 5. The predicted molar refractivity (Wildman–Crippen MR) is 116 cm³/mol. The van der Waals surface area contributed by atoms with E-state index < -0.39 is 43.3 Å². The first-order chi connectivity index (χ1) is 16.1. The molecule has 0 saturated carbocycles. The Kier molecular flexibility index (Phi) is 7.72. The molecule has 11 nitrogen and oxygen atoms in total. The number of carbonyl (C=O) groups is 1. The molecule has 3 rings (SSSR count). The van der Waals surface area contributed by atoms with E-state index in [1.54, 1.807) is 19.9 Å². The quantitative estimate of drug-likeness (QED) is 0.356. The van der Waals surface area contributed by atoms with Crippen molar-refractivity contribution in [2.24, 2.45) is 0 Å². The van der Waals surface area contributed by atoms with Gasteiger partial charge in [-0.3, -0.25) is 0 Å². The number of aromatic hydroxyl groups is 2. The maximum Gasteiger partial charge on any atom is 0.338 e. The number of phenolic OH excluding ortho intramolecular Hbond substituents is 2. The molecule has 1 aliphatic heterocycles. The first-order valence-corrected chi connectivity index (χ1v) is 10.4. The van der Waals surface area contributed by atoms with Crippen LogP contribution in [0, 0.1) is 13.8 Å². The lowest BCUT2D eigenvalue weighted by Crippen LogP contribution is -2.60. The molecule has 1 aliphatic rings. The molecule has 0 aliphatic carbocycles. The summed E-state index contributed by atoms with van der Waals surface area (Å²) in [5, 5.41) is 50.7. The number of aliphatic hydroxyl groups excluding tert-OH is 3. The van der Waals surface area contributed by atoms with Crippen LogP contribution in [0.3, 0.4) is 0 Å². The molecule has 0 amide bonds. The predicted octanol–water partition coefficient (Wildman–Crippen LogP) is 0.775. The number of carbonyl (C=O) groups excluding carboxylic acids is 1. The van der Waals surface area contributed by atoms with Gasteiger partial charge in [-0.05, 0) is 49.2 Å². The second-order valence-corrected chi connectivity index (χ2v) is 7.86. The average molecular weight is 480 g/mol. The molecule has 1 heterocycles. The summed E-state index contributed by atoms with van der Waals surface area (Å²) in [6, 6.07) is 5.51. The van der Waals surface area contributed by atoms with E-state index in [1.807, 2.05) is 0 Å². The number of ether oxygens (including phenoxy) is 5. The maximum absolute atomic E-state index is 12.6. The number of aliphatic hydroxyl groups is 3. The minimum absolute atomic E-state index is 0.000348. The highest BCUT2D eigenvalue weighted by molar-refractivity contribution is 5.91. The maximum atomic E-state index is 12.6. The Bertz CT molecular complexity index is 1010. The molecule has 1 fully saturated rings. The molecule has 2 aromatic carbocycles. The van der Waals surface area contributed by atoms with Crippen LogP contribution >= 0.6 is 0 Å². The Hall–Kier alpha value is -3.25. The summed E-state index contributed by atoms with van der Waals surface area (Å²) in [5.41, 5.74) is 1.08. The van der Waals surface area contributed by atoms with Crippen LogP contribution in [0.1, 0.15) is 21.5 Å². The number of methoxy groups -OCH3 is 2. The van der Waals surface area contributed by atoms with E-state index in [4.69, 9.17) is 23.7 Å². The van der Waals surface area contributed by atoms with Crippen LogP contribution in [0.4, 0.5) is 0 Å². The largest absolute Gasteiger partial charge is 0.508 e. The van der Waals surface area contributed by atoms with Crippen LogP contribution in [-0.4, -0.2) is 83.0 Å². The van der Waals surface area contributed by atoms with E-state index in [-0.39, 0.29) is 28.6 Å². The van der Waals surface area contributed by atoms with E-state index in [9.17, 15) is 30.3 Å². The van der Waals surface area contributed by atoms with Crippen LogP contribution in [0.2, 0.25) is 0 Å².